The molecule has 0 atom stereocenters. The van der Waals surface area contributed by atoms with Gasteiger partial charge in [-0.15, -0.1) is 6.42 Å². The van der Waals surface area contributed by atoms with Crippen molar-refractivity contribution in [1.82, 2.24) is 10.6 Å². The number of carbonyl (C=O) groups excluding carboxylic acids is 1. The van der Waals surface area contributed by atoms with Crippen molar-refractivity contribution in [2.24, 2.45) is 10.7 Å². The van der Waals surface area contributed by atoms with E-state index in [-0.39, 0.29) is 0 Å². The molecule has 0 saturated carbocycles. The standard InChI is InChI=1S/C14H18N4O/c1-3-9-17-14(16-4-2)18-10-11-5-7-12(8-6-11)13(15)19/h1,5-8H,4,9-10H2,2H3,(H2,15,19)(H2,16,17,18). The Morgan fingerprint density at radius 2 is 2.05 bits per heavy atom. The number of nitrogens with two attached hydrogens (primary N) is 1. The first-order valence-corrected chi connectivity index (χ1v) is 6.01. The molecule has 0 radical (unpaired) electrons. The van der Waals surface area contributed by atoms with Gasteiger partial charge in [-0.05, 0) is 24.6 Å². The van der Waals surface area contributed by atoms with Crippen LogP contribution in [0.2, 0.25) is 0 Å². The third-order valence-electron chi connectivity index (χ3n) is 2.36. The Hall–Kier alpha value is -2.48. The van der Waals surface area contributed by atoms with E-state index >= 15 is 0 Å². The normalized spacial score (nSPS) is 10.6. The summed E-state index contributed by atoms with van der Waals surface area (Å²) in [7, 11) is 0. The summed E-state index contributed by atoms with van der Waals surface area (Å²) < 4.78 is 0. The second-order valence-corrected chi connectivity index (χ2v) is 3.81. The van der Waals surface area contributed by atoms with Crippen LogP contribution >= 0.6 is 0 Å². The van der Waals surface area contributed by atoms with Crippen LogP contribution in [0.5, 0.6) is 0 Å². The van der Waals surface area contributed by atoms with Crippen LogP contribution in [0.25, 0.3) is 0 Å². The highest BCUT2D eigenvalue weighted by Crippen LogP contribution is 2.05. The molecule has 4 N–H and O–H groups in total. The van der Waals surface area contributed by atoms with E-state index in [9.17, 15) is 4.79 Å². The topological polar surface area (TPSA) is 79.5 Å². The van der Waals surface area contributed by atoms with E-state index in [0.717, 1.165) is 12.1 Å². The Bertz CT molecular complexity index is 485. The molecule has 0 aromatic heterocycles. The van der Waals surface area contributed by atoms with Crippen LogP contribution < -0.4 is 16.4 Å². The number of aliphatic imine (C=N–C) groups is 1. The number of terminal acetylenes is 1. The van der Waals surface area contributed by atoms with Gasteiger partial charge in [0, 0.05) is 12.1 Å². The van der Waals surface area contributed by atoms with Gasteiger partial charge in [0.1, 0.15) is 0 Å². The maximum atomic E-state index is 10.9. The second kappa shape index (κ2) is 7.77. The highest BCUT2D eigenvalue weighted by Gasteiger charge is 2.00. The summed E-state index contributed by atoms with van der Waals surface area (Å²) in [5, 5.41) is 6.09. The Balaban J connectivity index is 2.66. The number of carbonyl (C=O) groups is 1. The monoisotopic (exact) mass is 258 g/mol. The van der Waals surface area contributed by atoms with Gasteiger partial charge in [-0.25, -0.2) is 4.99 Å². The van der Waals surface area contributed by atoms with Crippen LogP contribution in [0.15, 0.2) is 29.3 Å². The van der Waals surface area contributed by atoms with Crippen LogP contribution in [-0.4, -0.2) is 25.0 Å². The van der Waals surface area contributed by atoms with Crippen molar-refractivity contribution in [3.8, 4) is 12.3 Å². The largest absolute Gasteiger partial charge is 0.366 e. The summed E-state index contributed by atoms with van der Waals surface area (Å²) in [5.74, 6) is 2.73. The molecule has 0 bridgehead atoms. The molecule has 1 rings (SSSR count). The first kappa shape index (κ1) is 14.6. The number of primary amides is 1. The van der Waals surface area contributed by atoms with E-state index in [1.165, 1.54) is 0 Å². The summed E-state index contributed by atoms with van der Waals surface area (Å²) in [4.78, 5) is 15.3. The van der Waals surface area contributed by atoms with Crippen molar-refractivity contribution in [1.29, 1.82) is 0 Å². The molecule has 5 heteroatoms. The summed E-state index contributed by atoms with van der Waals surface area (Å²) in [6, 6.07) is 7.03. The maximum absolute atomic E-state index is 10.9. The number of hydrogen-bond acceptors (Lipinski definition) is 2. The number of benzene rings is 1. The number of hydrogen-bond donors (Lipinski definition) is 3. The zero-order valence-corrected chi connectivity index (χ0v) is 10.9. The lowest BCUT2D eigenvalue weighted by Gasteiger charge is -2.08. The Labute approximate surface area is 113 Å². The number of nitrogens with one attached hydrogen (secondary N) is 2. The van der Waals surface area contributed by atoms with Crippen molar-refractivity contribution in [3.63, 3.8) is 0 Å². The fraction of sp³-hybridized carbons (Fsp3) is 0.286. The minimum absolute atomic E-state index is 0.423. The lowest BCUT2D eigenvalue weighted by atomic mass is 10.1. The van der Waals surface area contributed by atoms with Crippen LogP contribution in [0.1, 0.15) is 22.8 Å². The molecule has 0 saturated heterocycles. The summed E-state index contributed by atoms with van der Waals surface area (Å²) in [6.07, 6.45) is 5.19. The van der Waals surface area contributed by atoms with Crippen molar-refractivity contribution in [2.45, 2.75) is 13.5 Å². The molecule has 100 valence electrons. The molecule has 0 aliphatic carbocycles. The molecular formula is C14H18N4O. The van der Waals surface area contributed by atoms with Gasteiger partial charge in [0.15, 0.2) is 5.96 Å². The van der Waals surface area contributed by atoms with Crippen LogP contribution in [0.4, 0.5) is 0 Å². The van der Waals surface area contributed by atoms with Gasteiger partial charge in [-0.1, -0.05) is 18.1 Å². The molecule has 0 unspecified atom stereocenters. The van der Waals surface area contributed by atoms with Gasteiger partial charge >= 0.3 is 0 Å². The molecule has 0 heterocycles. The minimum Gasteiger partial charge on any atom is -0.366 e. The van der Waals surface area contributed by atoms with Crippen molar-refractivity contribution in [2.75, 3.05) is 13.1 Å². The van der Waals surface area contributed by atoms with E-state index in [1.54, 1.807) is 12.1 Å². The molecule has 19 heavy (non-hydrogen) atoms. The summed E-state index contributed by atoms with van der Waals surface area (Å²) >= 11 is 0. The van der Waals surface area contributed by atoms with E-state index in [2.05, 4.69) is 21.5 Å². The van der Waals surface area contributed by atoms with E-state index < -0.39 is 5.91 Å². The molecule has 1 aromatic carbocycles. The van der Waals surface area contributed by atoms with Gasteiger partial charge in [0.05, 0.1) is 13.1 Å². The Kier molecular flexibility index (Phi) is 5.96. The Morgan fingerprint density at radius 3 is 2.58 bits per heavy atom. The first-order valence-electron chi connectivity index (χ1n) is 6.01. The SMILES string of the molecule is C#CCNC(=NCc1ccc(C(N)=O)cc1)NCC. The molecule has 0 fully saturated rings. The van der Waals surface area contributed by atoms with Crippen molar-refractivity contribution >= 4 is 11.9 Å². The second-order valence-electron chi connectivity index (χ2n) is 3.81. The zero-order chi connectivity index (χ0) is 14.1. The van der Waals surface area contributed by atoms with Crippen LogP contribution in [0, 0.1) is 12.3 Å². The number of guanidine groups is 1. The molecule has 1 amide bonds. The lowest BCUT2D eigenvalue weighted by molar-refractivity contribution is 0.100. The lowest BCUT2D eigenvalue weighted by Crippen LogP contribution is -2.37. The predicted molar refractivity (Wildman–Crippen MR) is 76.6 cm³/mol. The Morgan fingerprint density at radius 1 is 1.37 bits per heavy atom. The first-order chi connectivity index (χ1) is 9.17. The molecule has 1 aromatic rings. The van der Waals surface area contributed by atoms with E-state index in [4.69, 9.17) is 12.2 Å². The number of nitrogens with zero attached hydrogens (tertiary/aromatic N) is 1. The molecular weight excluding hydrogens is 240 g/mol. The van der Waals surface area contributed by atoms with Crippen LogP contribution in [-0.2, 0) is 6.54 Å². The smallest absolute Gasteiger partial charge is 0.248 e. The minimum atomic E-state index is -0.431. The fourth-order valence-corrected chi connectivity index (χ4v) is 1.42. The molecule has 0 aliphatic rings. The van der Waals surface area contributed by atoms with E-state index in [0.29, 0.717) is 24.6 Å². The van der Waals surface area contributed by atoms with Crippen LogP contribution in [0.3, 0.4) is 0 Å². The fourth-order valence-electron chi connectivity index (χ4n) is 1.42. The van der Waals surface area contributed by atoms with Gasteiger partial charge in [-0.2, -0.15) is 0 Å². The highest BCUT2D eigenvalue weighted by molar-refractivity contribution is 5.92. The maximum Gasteiger partial charge on any atom is 0.248 e. The molecule has 0 aliphatic heterocycles. The zero-order valence-electron chi connectivity index (χ0n) is 10.9. The average Bonchev–Trinajstić information content (AvgIpc) is 2.42. The van der Waals surface area contributed by atoms with Crippen molar-refractivity contribution in [3.05, 3.63) is 35.4 Å². The highest BCUT2D eigenvalue weighted by atomic mass is 16.1. The summed E-state index contributed by atoms with van der Waals surface area (Å²) in [5.41, 5.74) is 6.65. The van der Waals surface area contributed by atoms with Gasteiger partial charge < -0.3 is 16.4 Å². The van der Waals surface area contributed by atoms with Gasteiger partial charge in [0.25, 0.3) is 0 Å². The third kappa shape index (κ3) is 5.13. The number of rotatable bonds is 5. The molecule has 0 spiro atoms. The van der Waals surface area contributed by atoms with Crippen molar-refractivity contribution < 1.29 is 4.79 Å². The quantitative estimate of drug-likeness (QED) is 0.408. The average molecular weight is 258 g/mol. The van der Waals surface area contributed by atoms with E-state index in [1.807, 2.05) is 19.1 Å². The molecule has 5 nitrogen and oxygen atoms in total. The van der Waals surface area contributed by atoms with Gasteiger partial charge in [-0.3, -0.25) is 4.79 Å². The predicted octanol–water partition coefficient (Wildman–Crippen LogP) is 0.474. The number of amides is 1. The van der Waals surface area contributed by atoms with Gasteiger partial charge in [0.2, 0.25) is 5.91 Å². The summed E-state index contributed by atoms with van der Waals surface area (Å²) in [6.45, 7) is 3.66. The third-order valence-corrected chi connectivity index (χ3v) is 2.36.